The van der Waals surface area contributed by atoms with E-state index in [4.69, 9.17) is 11.6 Å². The molecule has 1 N–H and O–H groups in total. The Balaban J connectivity index is 2.80. The molecule has 17 heavy (non-hydrogen) atoms. The van der Waals surface area contributed by atoms with Crippen LogP contribution in [0.1, 0.15) is 30.6 Å². The average Bonchev–Trinajstić information content (AvgIpc) is 2.32. The van der Waals surface area contributed by atoms with Gasteiger partial charge in [0.25, 0.3) is 0 Å². The fourth-order valence-electron chi connectivity index (χ4n) is 1.25. The predicted molar refractivity (Wildman–Crippen MR) is 71.2 cm³/mol. The molecular weight excluding hydrogens is 308 g/mol. The van der Waals surface area contributed by atoms with E-state index in [2.05, 4.69) is 21.2 Å². The van der Waals surface area contributed by atoms with Crippen molar-refractivity contribution in [2.45, 2.75) is 26.3 Å². The molecule has 0 fully saturated rings. The van der Waals surface area contributed by atoms with Gasteiger partial charge in [0.05, 0.1) is 17.1 Å². The van der Waals surface area contributed by atoms with Gasteiger partial charge in [-0.25, -0.2) is 4.39 Å². The van der Waals surface area contributed by atoms with Crippen molar-refractivity contribution in [1.29, 1.82) is 0 Å². The van der Waals surface area contributed by atoms with Crippen molar-refractivity contribution >= 4 is 33.3 Å². The van der Waals surface area contributed by atoms with Gasteiger partial charge < -0.3 is 5.32 Å². The van der Waals surface area contributed by atoms with Crippen molar-refractivity contribution in [2.24, 2.45) is 0 Å². The molecule has 2 nitrogen and oxygen atoms in total. The summed E-state index contributed by atoms with van der Waals surface area (Å²) in [5.41, 5.74) is 0.0222. The molecule has 0 aliphatic heterocycles. The molecule has 0 saturated carbocycles. The molecule has 0 saturated heterocycles. The zero-order valence-electron chi connectivity index (χ0n) is 9.69. The van der Waals surface area contributed by atoms with Crippen molar-refractivity contribution in [3.05, 3.63) is 33.0 Å². The summed E-state index contributed by atoms with van der Waals surface area (Å²) in [7, 11) is 0. The molecule has 5 heteroatoms. The van der Waals surface area contributed by atoms with Gasteiger partial charge in [-0.2, -0.15) is 0 Å². The highest BCUT2D eigenvalue weighted by Crippen LogP contribution is 2.27. The SMILES string of the molecule is CCC(C)NCC(=O)c1ccc(Br)c(Cl)c1F. The summed E-state index contributed by atoms with van der Waals surface area (Å²) < 4.78 is 14.2. The van der Waals surface area contributed by atoms with Gasteiger partial charge in [0, 0.05) is 10.5 Å². The quantitative estimate of drug-likeness (QED) is 0.660. The second-order valence-corrected chi connectivity index (χ2v) is 5.07. The molecule has 0 bridgehead atoms. The first-order valence-electron chi connectivity index (χ1n) is 5.37. The van der Waals surface area contributed by atoms with Gasteiger partial charge in [0.15, 0.2) is 11.6 Å². The van der Waals surface area contributed by atoms with Crippen molar-refractivity contribution in [1.82, 2.24) is 5.32 Å². The third-order valence-corrected chi connectivity index (χ3v) is 3.82. The molecule has 1 aromatic carbocycles. The molecule has 0 spiro atoms. The summed E-state index contributed by atoms with van der Waals surface area (Å²) in [6.07, 6.45) is 0.914. The van der Waals surface area contributed by atoms with Crippen LogP contribution in [0.15, 0.2) is 16.6 Å². The third-order valence-electron chi connectivity index (χ3n) is 2.56. The zero-order chi connectivity index (χ0) is 13.0. The van der Waals surface area contributed by atoms with Crippen LogP contribution in [-0.2, 0) is 0 Å². The van der Waals surface area contributed by atoms with E-state index < -0.39 is 5.82 Å². The minimum atomic E-state index is -0.669. The van der Waals surface area contributed by atoms with E-state index >= 15 is 0 Å². The van der Waals surface area contributed by atoms with Gasteiger partial charge in [-0.1, -0.05) is 18.5 Å². The molecule has 0 amide bonds. The van der Waals surface area contributed by atoms with Crippen molar-refractivity contribution in [3.8, 4) is 0 Å². The minimum absolute atomic E-state index is 0.0222. The molecule has 0 aromatic heterocycles. The lowest BCUT2D eigenvalue weighted by atomic mass is 10.1. The van der Waals surface area contributed by atoms with Crippen LogP contribution in [0.3, 0.4) is 0 Å². The zero-order valence-corrected chi connectivity index (χ0v) is 12.0. The minimum Gasteiger partial charge on any atom is -0.307 e. The highest BCUT2D eigenvalue weighted by Gasteiger charge is 2.16. The van der Waals surface area contributed by atoms with E-state index in [0.29, 0.717) is 4.47 Å². The number of benzene rings is 1. The van der Waals surface area contributed by atoms with Crippen LogP contribution in [0.5, 0.6) is 0 Å². The number of ketones is 1. The Hall–Kier alpha value is -0.450. The predicted octanol–water partition coefficient (Wildman–Crippen LogP) is 3.81. The van der Waals surface area contributed by atoms with Crippen molar-refractivity contribution < 1.29 is 9.18 Å². The van der Waals surface area contributed by atoms with Crippen LogP contribution in [0.25, 0.3) is 0 Å². The summed E-state index contributed by atoms with van der Waals surface area (Å²) in [5.74, 6) is -0.964. The largest absolute Gasteiger partial charge is 0.307 e. The first-order valence-corrected chi connectivity index (χ1v) is 6.54. The lowest BCUT2D eigenvalue weighted by Crippen LogP contribution is -2.31. The molecule has 1 unspecified atom stereocenters. The molecule has 1 rings (SSSR count). The van der Waals surface area contributed by atoms with Gasteiger partial charge >= 0.3 is 0 Å². The standard InChI is InChI=1S/C12H14BrClFNO/c1-3-7(2)16-6-10(17)8-4-5-9(13)11(14)12(8)15/h4-5,7,16H,3,6H2,1-2H3. The first-order chi connectivity index (χ1) is 7.97. The maximum atomic E-state index is 13.7. The Kier molecular flexibility index (Phi) is 5.56. The van der Waals surface area contributed by atoms with Crippen molar-refractivity contribution in [2.75, 3.05) is 6.54 Å². The second kappa shape index (κ2) is 6.47. The number of hydrogen-bond donors (Lipinski definition) is 1. The number of Topliss-reactive ketones (excluding diaryl/α,β-unsaturated/α-hetero) is 1. The number of hydrogen-bond acceptors (Lipinski definition) is 2. The highest BCUT2D eigenvalue weighted by atomic mass is 79.9. The summed E-state index contributed by atoms with van der Waals surface area (Å²) in [5, 5.41) is 2.96. The average molecular weight is 323 g/mol. The fraction of sp³-hybridized carbons (Fsp3) is 0.417. The smallest absolute Gasteiger partial charge is 0.179 e. The fourth-order valence-corrected chi connectivity index (χ4v) is 1.72. The molecule has 0 radical (unpaired) electrons. The molecule has 0 heterocycles. The number of nitrogens with one attached hydrogen (secondary N) is 1. The first kappa shape index (κ1) is 14.6. The Morgan fingerprint density at radius 3 is 2.82 bits per heavy atom. The van der Waals surface area contributed by atoms with Gasteiger partial charge in [0.1, 0.15) is 0 Å². The highest BCUT2D eigenvalue weighted by molar-refractivity contribution is 9.10. The molecule has 1 atom stereocenters. The summed E-state index contributed by atoms with van der Waals surface area (Å²) >= 11 is 8.83. The molecule has 94 valence electrons. The van der Waals surface area contributed by atoms with Crippen LogP contribution < -0.4 is 5.32 Å². The molecule has 1 aromatic rings. The molecular formula is C12H14BrClFNO. The van der Waals surface area contributed by atoms with Gasteiger partial charge in [-0.05, 0) is 41.4 Å². The number of halogens is 3. The van der Waals surface area contributed by atoms with E-state index in [1.54, 1.807) is 6.07 Å². The Morgan fingerprint density at radius 2 is 2.24 bits per heavy atom. The number of carbonyl (C=O) groups is 1. The van der Waals surface area contributed by atoms with E-state index in [0.717, 1.165) is 6.42 Å². The van der Waals surface area contributed by atoms with E-state index in [-0.39, 0.29) is 29.0 Å². The Labute approximate surface area is 114 Å². The van der Waals surface area contributed by atoms with Crippen LogP contribution in [0, 0.1) is 5.82 Å². The van der Waals surface area contributed by atoms with Gasteiger partial charge in [-0.15, -0.1) is 0 Å². The van der Waals surface area contributed by atoms with Crippen molar-refractivity contribution in [3.63, 3.8) is 0 Å². The lowest BCUT2D eigenvalue weighted by molar-refractivity contribution is 0.0984. The van der Waals surface area contributed by atoms with Crippen LogP contribution in [0.2, 0.25) is 5.02 Å². The maximum absolute atomic E-state index is 13.7. The third kappa shape index (κ3) is 3.76. The van der Waals surface area contributed by atoms with Crippen LogP contribution in [-0.4, -0.2) is 18.4 Å². The van der Waals surface area contributed by atoms with Crippen LogP contribution >= 0.6 is 27.5 Å². The summed E-state index contributed by atoms with van der Waals surface area (Å²) in [4.78, 5) is 11.8. The van der Waals surface area contributed by atoms with Gasteiger partial charge in [-0.3, -0.25) is 4.79 Å². The van der Waals surface area contributed by atoms with E-state index in [1.807, 2.05) is 13.8 Å². The van der Waals surface area contributed by atoms with Crippen LogP contribution in [0.4, 0.5) is 4.39 Å². The molecule has 0 aliphatic rings. The Bertz CT molecular complexity index is 425. The van der Waals surface area contributed by atoms with Gasteiger partial charge in [0.2, 0.25) is 0 Å². The van der Waals surface area contributed by atoms with E-state index in [1.165, 1.54) is 6.07 Å². The normalized spacial score (nSPS) is 12.5. The number of rotatable bonds is 5. The topological polar surface area (TPSA) is 29.1 Å². The maximum Gasteiger partial charge on any atom is 0.179 e. The lowest BCUT2D eigenvalue weighted by Gasteiger charge is -2.11. The monoisotopic (exact) mass is 321 g/mol. The summed E-state index contributed by atoms with van der Waals surface area (Å²) in [6.45, 7) is 4.10. The molecule has 0 aliphatic carbocycles. The van der Waals surface area contributed by atoms with E-state index in [9.17, 15) is 9.18 Å². The number of carbonyl (C=O) groups excluding carboxylic acids is 1. The summed E-state index contributed by atoms with van der Waals surface area (Å²) in [6, 6.07) is 3.24. The Morgan fingerprint density at radius 1 is 1.59 bits per heavy atom. The second-order valence-electron chi connectivity index (χ2n) is 3.84.